The van der Waals surface area contributed by atoms with E-state index in [0.29, 0.717) is 11.1 Å². The van der Waals surface area contributed by atoms with Gasteiger partial charge in [0.25, 0.3) is 0 Å². The summed E-state index contributed by atoms with van der Waals surface area (Å²) in [6.45, 7) is 3.94. The largest absolute Gasteiger partial charge is 0.507 e. The van der Waals surface area contributed by atoms with Crippen molar-refractivity contribution in [1.82, 2.24) is 4.90 Å². The van der Waals surface area contributed by atoms with Crippen LogP contribution < -0.4 is 11.5 Å². The van der Waals surface area contributed by atoms with Gasteiger partial charge in [-0.3, -0.25) is 14.4 Å². The van der Waals surface area contributed by atoms with Crippen LogP contribution in [-0.2, 0) is 27.3 Å². The standard InChI is InChI=1S/C25H33N3O7/c1-9(2)12-6-11(8-26)19(29)16-13(12)5-10-7-14-18(28(3)4)21(31)17(24(27)34)23(33)25(14,35)22(32)15(10)20(16)30/h6,9-10,14,17-18,21,29-31,35H,5,7-8,26H2,1-4H3,(H2,27,34)/t10-,14-,17?,18-,21?,25-/m0/s1. The van der Waals surface area contributed by atoms with E-state index in [4.69, 9.17) is 11.5 Å². The molecule has 35 heavy (non-hydrogen) atoms. The van der Waals surface area contributed by atoms with Gasteiger partial charge in [-0.05, 0) is 49.9 Å². The van der Waals surface area contributed by atoms with Gasteiger partial charge in [0, 0.05) is 29.6 Å². The number of aromatic hydroxyl groups is 1. The van der Waals surface area contributed by atoms with Gasteiger partial charge in [0.1, 0.15) is 17.4 Å². The Morgan fingerprint density at radius 3 is 2.40 bits per heavy atom. The number of nitrogens with zero attached hydrogens (tertiary/aromatic N) is 1. The number of phenolic OH excluding ortho intramolecular Hbond substituents is 1. The summed E-state index contributed by atoms with van der Waals surface area (Å²) in [4.78, 5) is 40.8. The zero-order valence-electron chi connectivity index (χ0n) is 20.3. The van der Waals surface area contributed by atoms with Gasteiger partial charge in [-0.2, -0.15) is 0 Å². The van der Waals surface area contributed by atoms with Crippen LogP contribution in [0.25, 0.3) is 5.76 Å². The molecule has 0 heterocycles. The molecule has 1 aromatic rings. The lowest BCUT2D eigenvalue weighted by Gasteiger charge is -2.53. The first-order valence-corrected chi connectivity index (χ1v) is 11.7. The van der Waals surface area contributed by atoms with Crippen LogP contribution in [0.15, 0.2) is 11.6 Å². The van der Waals surface area contributed by atoms with Crippen molar-refractivity contribution in [3.8, 4) is 5.75 Å². The van der Waals surface area contributed by atoms with Crippen molar-refractivity contribution in [3.05, 3.63) is 33.9 Å². The summed E-state index contributed by atoms with van der Waals surface area (Å²) < 4.78 is 0. The minimum absolute atomic E-state index is 0.00597. The molecule has 1 amide bonds. The fourth-order valence-corrected chi connectivity index (χ4v) is 6.43. The van der Waals surface area contributed by atoms with Crippen LogP contribution >= 0.6 is 0 Å². The SMILES string of the molecule is CC(C)c1cc(CN)c(O)c2c1C[C@H]1C[C@H]3[C@H](N(C)C)C(O)C(C(N)=O)C(=O)[C@@]3(O)C(=O)C1=C2O. The first-order chi connectivity index (χ1) is 16.3. The zero-order chi connectivity index (χ0) is 26.1. The number of phenols is 1. The Morgan fingerprint density at radius 1 is 1.26 bits per heavy atom. The zero-order valence-corrected chi connectivity index (χ0v) is 20.3. The van der Waals surface area contributed by atoms with Crippen molar-refractivity contribution in [2.45, 2.75) is 56.9 Å². The summed E-state index contributed by atoms with van der Waals surface area (Å²) in [6, 6.07) is 0.883. The third kappa shape index (κ3) is 3.35. The molecule has 0 aliphatic heterocycles. The van der Waals surface area contributed by atoms with Gasteiger partial charge in [-0.15, -0.1) is 0 Å². The topological polar surface area (TPSA) is 187 Å². The molecule has 0 radical (unpaired) electrons. The number of ketones is 2. The minimum Gasteiger partial charge on any atom is -0.507 e. The van der Waals surface area contributed by atoms with Crippen LogP contribution in [0, 0.1) is 17.8 Å². The van der Waals surface area contributed by atoms with Crippen molar-refractivity contribution >= 4 is 23.2 Å². The lowest BCUT2D eigenvalue weighted by Crippen LogP contribution is -2.73. The molecular formula is C25H33N3O7. The van der Waals surface area contributed by atoms with Crippen LogP contribution in [0.3, 0.4) is 0 Å². The summed E-state index contributed by atoms with van der Waals surface area (Å²) in [5, 5.41) is 44.7. The Hall–Kier alpha value is -2.79. The predicted molar refractivity (Wildman–Crippen MR) is 126 cm³/mol. The van der Waals surface area contributed by atoms with E-state index >= 15 is 0 Å². The Labute approximate surface area is 203 Å². The number of primary amides is 1. The third-order valence-corrected chi connectivity index (χ3v) is 8.04. The molecule has 0 bridgehead atoms. The molecule has 2 unspecified atom stereocenters. The molecule has 0 saturated heterocycles. The lowest BCUT2D eigenvalue weighted by atomic mass is 9.54. The second-order valence-corrected chi connectivity index (χ2v) is 10.5. The summed E-state index contributed by atoms with van der Waals surface area (Å²) in [7, 11) is 3.24. The quantitative estimate of drug-likeness (QED) is 0.310. The summed E-state index contributed by atoms with van der Waals surface area (Å²) in [6.07, 6.45) is -1.14. The molecule has 2 fully saturated rings. The number of carbonyl (C=O) groups is 3. The molecule has 3 aliphatic carbocycles. The number of carbonyl (C=O) groups excluding carboxylic acids is 3. The normalized spacial score (nSPS) is 32.5. The molecule has 0 aromatic heterocycles. The van der Waals surface area contributed by atoms with Crippen molar-refractivity contribution in [3.63, 3.8) is 0 Å². The second-order valence-electron chi connectivity index (χ2n) is 10.5. The van der Waals surface area contributed by atoms with E-state index in [1.807, 2.05) is 13.8 Å². The number of aliphatic hydroxyl groups excluding tert-OH is 2. The molecule has 190 valence electrons. The first kappa shape index (κ1) is 25.3. The Balaban J connectivity index is 1.96. The summed E-state index contributed by atoms with van der Waals surface area (Å²) in [5.41, 5.74) is 10.4. The third-order valence-electron chi connectivity index (χ3n) is 8.04. The van der Waals surface area contributed by atoms with Gasteiger partial charge < -0.3 is 36.8 Å². The highest BCUT2D eigenvalue weighted by Crippen LogP contribution is 2.53. The highest BCUT2D eigenvalue weighted by Gasteiger charge is 2.67. The van der Waals surface area contributed by atoms with E-state index in [-0.39, 0.29) is 42.2 Å². The highest BCUT2D eigenvalue weighted by molar-refractivity contribution is 6.25. The number of amides is 1. The van der Waals surface area contributed by atoms with Gasteiger partial charge in [0.05, 0.1) is 11.7 Å². The smallest absolute Gasteiger partial charge is 0.230 e. The Morgan fingerprint density at radius 2 is 1.89 bits per heavy atom. The molecule has 1 aromatic carbocycles. The average molecular weight is 488 g/mol. The molecule has 2 saturated carbocycles. The van der Waals surface area contributed by atoms with Crippen molar-refractivity contribution in [2.24, 2.45) is 29.2 Å². The van der Waals surface area contributed by atoms with E-state index in [2.05, 4.69) is 0 Å². The Kier molecular flexibility index (Phi) is 6.08. The van der Waals surface area contributed by atoms with E-state index in [0.717, 1.165) is 5.56 Å². The fraction of sp³-hybridized carbons (Fsp3) is 0.560. The molecule has 3 aliphatic rings. The molecule has 10 heteroatoms. The first-order valence-electron chi connectivity index (χ1n) is 11.7. The number of fused-ring (bicyclic) bond motifs is 3. The number of nitrogens with two attached hydrogens (primary N) is 2. The Bertz CT molecular complexity index is 1160. The van der Waals surface area contributed by atoms with Crippen LogP contribution in [0.2, 0.25) is 0 Å². The van der Waals surface area contributed by atoms with Gasteiger partial charge in [0.2, 0.25) is 11.7 Å². The molecule has 10 nitrogen and oxygen atoms in total. The molecule has 4 rings (SSSR count). The second kappa shape index (κ2) is 8.41. The van der Waals surface area contributed by atoms with Crippen LogP contribution in [0.5, 0.6) is 5.75 Å². The lowest BCUT2D eigenvalue weighted by molar-refractivity contribution is -0.184. The van der Waals surface area contributed by atoms with E-state index in [1.54, 1.807) is 25.1 Å². The average Bonchev–Trinajstić information content (AvgIpc) is 2.75. The number of Topliss-reactive ketones (excluding diaryl/α,β-unsaturated/α-hetero) is 2. The van der Waals surface area contributed by atoms with Gasteiger partial charge >= 0.3 is 0 Å². The highest BCUT2D eigenvalue weighted by atomic mass is 16.3. The van der Waals surface area contributed by atoms with Gasteiger partial charge in [-0.25, -0.2) is 0 Å². The monoisotopic (exact) mass is 487 g/mol. The number of benzene rings is 1. The maximum Gasteiger partial charge on any atom is 0.230 e. The number of aliphatic hydroxyl groups is 3. The minimum atomic E-state index is -2.66. The van der Waals surface area contributed by atoms with E-state index in [1.165, 1.54) is 0 Å². The van der Waals surface area contributed by atoms with Crippen LogP contribution in [0.1, 0.15) is 48.4 Å². The van der Waals surface area contributed by atoms with Crippen molar-refractivity contribution in [2.75, 3.05) is 14.1 Å². The van der Waals surface area contributed by atoms with Crippen molar-refractivity contribution in [1.29, 1.82) is 0 Å². The molecule has 6 atom stereocenters. The maximum atomic E-state index is 13.8. The van der Waals surface area contributed by atoms with Gasteiger partial charge in [-0.1, -0.05) is 19.9 Å². The van der Waals surface area contributed by atoms with Crippen molar-refractivity contribution < 1.29 is 34.8 Å². The maximum absolute atomic E-state index is 13.8. The van der Waals surface area contributed by atoms with Crippen LogP contribution in [-0.4, -0.2) is 74.6 Å². The van der Waals surface area contributed by atoms with E-state index in [9.17, 15) is 34.8 Å². The van der Waals surface area contributed by atoms with E-state index < -0.39 is 58.7 Å². The number of likely N-dealkylation sites (N-methyl/N-ethyl adjacent to an activating group) is 1. The molecule has 8 N–H and O–H groups in total. The van der Waals surface area contributed by atoms with Gasteiger partial charge in [0.15, 0.2) is 11.4 Å². The summed E-state index contributed by atoms with van der Waals surface area (Å²) >= 11 is 0. The summed E-state index contributed by atoms with van der Waals surface area (Å²) in [5.74, 6) is -7.45. The number of hydrogen-bond donors (Lipinski definition) is 6. The fourth-order valence-electron chi connectivity index (χ4n) is 6.43. The number of rotatable bonds is 4. The molecule has 0 spiro atoms. The predicted octanol–water partition coefficient (Wildman–Crippen LogP) is -0.289. The number of hydrogen-bond acceptors (Lipinski definition) is 9. The van der Waals surface area contributed by atoms with Crippen LogP contribution in [0.4, 0.5) is 0 Å². The molecular weight excluding hydrogens is 454 g/mol.